The zero-order chi connectivity index (χ0) is 9.72. The Bertz CT molecular complexity index is 175. The van der Waals surface area contributed by atoms with Crippen LogP contribution >= 0.6 is 0 Å². The Morgan fingerprint density at radius 3 is 2.25 bits per heavy atom. The fourth-order valence-corrected chi connectivity index (χ4v) is 1.28. The van der Waals surface area contributed by atoms with Crippen molar-refractivity contribution in [3.63, 3.8) is 0 Å². The Kier molecular flexibility index (Phi) is 4.55. The average molecular weight is 170 g/mol. The van der Waals surface area contributed by atoms with Gasteiger partial charge in [0.1, 0.15) is 0 Å². The average Bonchev–Trinajstić information content (AvgIpc) is 1.85. The third-order valence-corrected chi connectivity index (χ3v) is 1.77. The topological polar surface area (TPSA) is 53.0 Å². The number of carbonyl (C=O) groups excluding carboxylic acids is 1. The molecule has 0 fully saturated rings. The van der Waals surface area contributed by atoms with Crippen molar-refractivity contribution in [1.82, 2.24) is 5.32 Å². The minimum absolute atomic E-state index is 0.0278. The van der Waals surface area contributed by atoms with Crippen LogP contribution in [0.3, 0.4) is 0 Å². The SMILES string of the molecule is CCNC(=O)C(C(C)=N)C(C)C. The molecular formula is C9H18N2O. The van der Waals surface area contributed by atoms with Gasteiger partial charge in [0.15, 0.2) is 0 Å². The summed E-state index contributed by atoms with van der Waals surface area (Å²) in [6.07, 6.45) is 0. The predicted molar refractivity (Wildman–Crippen MR) is 50.4 cm³/mol. The van der Waals surface area contributed by atoms with E-state index >= 15 is 0 Å². The van der Waals surface area contributed by atoms with E-state index in [2.05, 4.69) is 5.32 Å². The lowest BCUT2D eigenvalue weighted by molar-refractivity contribution is -0.123. The van der Waals surface area contributed by atoms with E-state index in [-0.39, 0.29) is 17.7 Å². The molecule has 0 radical (unpaired) electrons. The third kappa shape index (κ3) is 3.03. The quantitative estimate of drug-likeness (QED) is 0.616. The van der Waals surface area contributed by atoms with Gasteiger partial charge in [-0.25, -0.2) is 0 Å². The van der Waals surface area contributed by atoms with Gasteiger partial charge >= 0.3 is 0 Å². The summed E-state index contributed by atoms with van der Waals surface area (Å²) in [4.78, 5) is 11.4. The molecule has 0 aliphatic carbocycles. The molecule has 0 saturated carbocycles. The maximum atomic E-state index is 11.4. The molecular weight excluding hydrogens is 152 g/mol. The predicted octanol–water partition coefficient (Wildman–Crippen LogP) is 1.43. The number of carbonyl (C=O) groups is 1. The highest BCUT2D eigenvalue weighted by atomic mass is 16.1. The number of amides is 1. The fourth-order valence-electron chi connectivity index (χ4n) is 1.28. The van der Waals surface area contributed by atoms with Crippen LogP contribution in [0.15, 0.2) is 0 Å². The molecule has 0 spiro atoms. The first-order chi connectivity index (χ1) is 5.50. The number of rotatable bonds is 4. The van der Waals surface area contributed by atoms with Gasteiger partial charge in [-0.05, 0) is 19.8 Å². The largest absolute Gasteiger partial charge is 0.356 e. The van der Waals surface area contributed by atoms with Crippen molar-refractivity contribution < 1.29 is 4.79 Å². The summed E-state index contributed by atoms with van der Waals surface area (Å²) >= 11 is 0. The third-order valence-electron chi connectivity index (χ3n) is 1.77. The number of hydrogen-bond donors (Lipinski definition) is 2. The van der Waals surface area contributed by atoms with Crippen LogP contribution in [-0.2, 0) is 4.79 Å². The first kappa shape index (κ1) is 11.1. The number of hydrogen-bond acceptors (Lipinski definition) is 2. The standard InChI is InChI=1S/C9H18N2O/c1-5-11-9(12)8(6(2)3)7(4)10/h6,8,10H,5H2,1-4H3,(H,11,12). The molecule has 0 aromatic carbocycles. The maximum Gasteiger partial charge on any atom is 0.229 e. The lowest BCUT2D eigenvalue weighted by Gasteiger charge is -2.18. The summed E-state index contributed by atoms with van der Waals surface area (Å²) in [5, 5.41) is 10.2. The van der Waals surface area contributed by atoms with E-state index in [1.54, 1.807) is 6.92 Å². The molecule has 70 valence electrons. The summed E-state index contributed by atoms with van der Waals surface area (Å²) in [5.41, 5.74) is 0.441. The van der Waals surface area contributed by atoms with E-state index in [1.165, 1.54) is 0 Å². The molecule has 0 heterocycles. The zero-order valence-corrected chi connectivity index (χ0v) is 8.27. The second-order valence-corrected chi connectivity index (χ2v) is 3.30. The Labute approximate surface area is 74.1 Å². The summed E-state index contributed by atoms with van der Waals surface area (Å²) < 4.78 is 0. The van der Waals surface area contributed by atoms with Crippen molar-refractivity contribution in [3.05, 3.63) is 0 Å². The van der Waals surface area contributed by atoms with Gasteiger partial charge in [-0.3, -0.25) is 4.79 Å². The van der Waals surface area contributed by atoms with Crippen LogP contribution < -0.4 is 5.32 Å². The lowest BCUT2D eigenvalue weighted by Crippen LogP contribution is -2.37. The second kappa shape index (κ2) is 4.91. The minimum Gasteiger partial charge on any atom is -0.356 e. The summed E-state index contributed by atoms with van der Waals surface area (Å²) in [6, 6.07) is 0. The van der Waals surface area contributed by atoms with Gasteiger partial charge in [0.2, 0.25) is 5.91 Å². The van der Waals surface area contributed by atoms with Gasteiger partial charge < -0.3 is 10.7 Å². The highest BCUT2D eigenvalue weighted by Crippen LogP contribution is 2.11. The molecule has 3 nitrogen and oxygen atoms in total. The van der Waals surface area contributed by atoms with E-state index in [0.29, 0.717) is 12.3 Å². The van der Waals surface area contributed by atoms with Crippen LogP contribution in [0.1, 0.15) is 27.7 Å². The van der Waals surface area contributed by atoms with Gasteiger partial charge in [0.25, 0.3) is 0 Å². The maximum absolute atomic E-state index is 11.4. The summed E-state index contributed by atoms with van der Waals surface area (Å²) in [5.74, 6) is -0.0843. The van der Waals surface area contributed by atoms with E-state index in [1.807, 2.05) is 20.8 Å². The highest BCUT2D eigenvalue weighted by molar-refractivity contribution is 6.01. The smallest absolute Gasteiger partial charge is 0.229 e. The second-order valence-electron chi connectivity index (χ2n) is 3.30. The summed E-state index contributed by atoms with van der Waals surface area (Å²) in [6.45, 7) is 8.11. The molecule has 2 N–H and O–H groups in total. The first-order valence-corrected chi connectivity index (χ1v) is 4.33. The Balaban J connectivity index is 4.30. The molecule has 0 aliphatic rings. The van der Waals surface area contributed by atoms with E-state index in [0.717, 1.165) is 0 Å². The molecule has 0 saturated heterocycles. The molecule has 0 aromatic heterocycles. The lowest BCUT2D eigenvalue weighted by atomic mass is 9.91. The Hall–Kier alpha value is -0.860. The van der Waals surface area contributed by atoms with Gasteiger partial charge in [-0.15, -0.1) is 0 Å². The van der Waals surface area contributed by atoms with Crippen LogP contribution in [0.4, 0.5) is 0 Å². The van der Waals surface area contributed by atoms with Crippen molar-refractivity contribution in [3.8, 4) is 0 Å². The van der Waals surface area contributed by atoms with E-state index in [9.17, 15) is 4.79 Å². The minimum atomic E-state index is -0.259. The van der Waals surface area contributed by atoms with E-state index < -0.39 is 0 Å². The van der Waals surface area contributed by atoms with Crippen LogP contribution in [0, 0.1) is 17.2 Å². The van der Waals surface area contributed by atoms with Gasteiger partial charge in [-0.1, -0.05) is 13.8 Å². The monoisotopic (exact) mass is 170 g/mol. The van der Waals surface area contributed by atoms with Crippen molar-refractivity contribution >= 4 is 11.6 Å². The molecule has 0 bridgehead atoms. The molecule has 0 aliphatic heterocycles. The van der Waals surface area contributed by atoms with Gasteiger partial charge in [-0.2, -0.15) is 0 Å². The first-order valence-electron chi connectivity index (χ1n) is 4.33. The fraction of sp³-hybridized carbons (Fsp3) is 0.778. The molecule has 12 heavy (non-hydrogen) atoms. The molecule has 0 aromatic rings. The van der Waals surface area contributed by atoms with Crippen LogP contribution in [0.25, 0.3) is 0 Å². The van der Waals surface area contributed by atoms with Crippen LogP contribution in [-0.4, -0.2) is 18.2 Å². The molecule has 1 amide bonds. The van der Waals surface area contributed by atoms with Crippen molar-refractivity contribution in [2.24, 2.45) is 11.8 Å². The zero-order valence-electron chi connectivity index (χ0n) is 8.27. The van der Waals surface area contributed by atoms with Gasteiger partial charge in [0.05, 0.1) is 5.92 Å². The molecule has 1 unspecified atom stereocenters. The Morgan fingerprint density at radius 2 is 2.00 bits per heavy atom. The molecule has 3 heteroatoms. The normalized spacial score (nSPS) is 12.8. The highest BCUT2D eigenvalue weighted by Gasteiger charge is 2.23. The van der Waals surface area contributed by atoms with Crippen molar-refractivity contribution in [2.75, 3.05) is 6.54 Å². The number of nitrogens with one attached hydrogen (secondary N) is 2. The summed E-state index contributed by atoms with van der Waals surface area (Å²) in [7, 11) is 0. The van der Waals surface area contributed by atoms with Crippen molar-refractivity contribution in [1.29, 1.82) is 5.41 Å². The van der Waals surface area contributed by atoms with Crippen LogP contribution in [0.2, 0.25) is 0 Å². The van der Waals surface area contributed by atoms with Gasteiger partial charge in [0, 0.05) is 12.3 Å². The van der Waals surface area contributed by atoms with Crippen molar-refractivity contribution in [2.45, 2.75) is 27.7 Å². The molecule has 0 rings (SSSR count). The van der Waals surface area contributed by atoms with E-state index in [4.69, 9.17) is 5.41 Å². The Morgan fingerprint density at radius 1 is 1.50 bits per heavy atom. The molecule has 1 atom stereocenters. The van der Waals surface area contributed by atoms with Crippen LogP contribution in [0.5, 0.6) is 0 Å².